The van der Waals surface area contributed by atoms with Crippen LogP contribution in [0.15, 0.2) is 107 Å². The topological polar surface area (TPSA) is 37.4 Å². The van der Waals surface area contributed by atoms with E-state index in [1.54, 1.807) is 6.07 Å². The number of hydrogen-bond acceptors (Lipinski definition) is 3. The molecule has 150 valence electrons. The monoisotopic (exact) mass is 425 g/mol. The van der Waals surface area contributed by atoms with Gasteiger partial charge in [0.1, 0.15) is 5.82 Å². The van der Waals surface area contributed by atoms with Crippen LogP contribution >= 0.6 is 11.8 Å². The number of benzene rings is 4. The van der Waals surface area contributed by atoms with Crippen LogP contribution in [0.3, 0.4) is 0 Å². The van der Waals surface area contributed by atoms with Gasteiger partial charge in [-0.05, 0) is 41.3 Å². The van der Waals surface area contributed by atoms with E-state index in [1.165, 1.54) is 40.9 Å². The molecule has 1 aliphatic heterocycles. The molecule has 0 spiro atoms. The summed E-state index contributed by atoms with van der Waals surface area (Å²) in [5, 5.41) is 1.75. The van der Waals surface area contributed by atoms with Gasteiger partial charge in [0.05, 0.1) is 16.2 Å². The lowest BCUT2D eigenvalue weighted by Crippen LogP contribution is -2.31. The Labute approximate surface area is 182 Å². The van der Waals surface area contributed by atoms with E-state index in [9.17, 15) is 14.0 Å². The third kappa shape index (κ3) is 3.43. The fourth-order valence-electron chi connectivity index (χ4n) is 3.70. The highest BCUT2D eigenvalue weighted by molar-refractivity contribution is 8.04. The lowest BCUT2D eigenvalue weighted by Gasteiger charge is -2.17. The van der Waals surface area contributed by atoms with Crippen molar-refractivity contribution in [3.63, 3.8) is 0 Å². The van der Waals surface area contributed by atoms with E-state index >= 15 is 0 Å². The third-order valence-electron chi connectivity index (χ3n) is 5.14. The molecule has 0 fully saturated rings. The van der Waals surface area contributed by atoms with Gasteiger partial charge in [0.2, 0.25) is 0 Å². The van der Waals surface area contributed by atoms with Gasteiger partial charge in [-0.3, -0.25) is 9.59 Å². The largest absolute Gasteiger partial charge is 0.272 e. The number of fused-ring (bicyclic) bond motifs is 1. The predicted molar refractivity (Wildman–Crippen MR) is 122 cm³/mol. The maximum Gasteiger partial charge on any atom is 0.272 e. The minimum atomic E-state index is -0.411. The normalized spacial score (nSPS) is 14.0. The van der Waals surface area contributed by atoms with Crippen LogP contribution in [-0.2, 0) is 9.59 Å². The summed E-state index contributed by atoms with van der Waals surface area (Å²) in [6, 6.07) is 28.3. The fraction of sp³-hybridized carbons (Fsp3) is 0. The molecule has 0 aliphatic carbocycles. The Bertz CT molecular complexity index is 1340. The van der Waals surface area contributed by atoms with E-state index in [1.807, 2.05) is 66.7 Å². The average Bonchev–Trinajstić information content (AvgIpc) is 3.04. The molecule has 0 bridgehead atoms. The zero-order chi connectivity index (χ0) is 21.4. The summed E-state index contributed by atoms with van der Waals surface area (Å²) in [4.78, 5) is 29.6. The van der Waals surface area contributed by atoms with Gasteiger partial charge in [-0.25, -0.2) is 9.29 Å². The van der Waals surface area contributed by atoms with Gasteiger partial charge in [-0.2, -0.15) is 0 Å². The van der Waals surface area contributed by atoms with E-state index in [0.717, 1.165) is 15.7 Å². The molecular weight excluding hydrogens is 409 g/mol. The molecule has 0 radical (unpaired) electrons. The van der Waals surface area contributed by atoms with Crippen molar-refractivity contribution in [3.05, 3.63) is 113 Å². The van der Waals surface area contributed by atoms with Gasteiger partial charge in [0, 0.05) is 10.3 Å². The molecule has 0 atom stereocenters. The van der Waals surface area contributed by atoms with Crippen LogP contribution in [0.25, 0.3) is 16.3 Å². The molecule has 0 unspecified atom stereocenters. The first kappa shape index (κ1) is 19.3. The second kappa shape index (κ2) is 7.85. The number of carbonyl (C=O) groups is 2. The first-order valence-corrected chi connectivity index (χ1v) is 10.5. The van der Waals surface area contributed by atoms with Crippen LogP contribution in [-0.4, -0.2) is 11.8 Å². The second-order valence-corrected chi connectivity index (χ2v) is 8.15. The van der Waals surface area contributed by atoms with Crippen molar-refractivity contribution in [1.29, 1.82) is 0 Å². The van der Waals surface area contributed by atoms with Gasteiger partial charge >= 0.3 is 0 Å². The Balaban J connectivity index is 1.67. The molecule has 5 heteroatoms. The minimum Gasteiger partial charge on any atom is -0.268 e. The molecule has 4 aromatic rings. The number of halogens is 1. The summed E-state index contributed by atoms with van der Waals surface area (Å²) < 4.78 is 13.5. The van der Waals surface area contributed by atoms with Crippen molar-refractivity contribution in [2.45, 2.75) is 4.90 Å². The van der Waals surface area contributed by atoms with Gasteiger partial charge in [-0.15, -0.1) is 0 Å². The Morgan fingerprint density at radius 2 is 1.35 bits per heavy atom. The summed E-state index contributed by atoms with van der Waals surface area (Å²) in [6.07, 6.45) is 0. The van der Waals surface area contributed by atoms with Crippen LogP contribution in [0.1, 0.15) is 5.56 Å². The van der Waals surface area contributed by atoms with Crippen LogP contribution in [0.2, 0.25) is 0 Å². The maximum atomic E-state index is 13.6. The third-order valence-corrected chi connectivity index (χ3v) is 6.24. The molecular formula is C26H16FNO2S. The summed E-state index contributed by atoms with van der Waals surface area (Å²) in [7, 11) is 0. The summed E-state index contributed by atoms with van der Waals surface area (Å²) >= 11 is 1.25. The zero-order valence-electron chi connectivity index (χ0n) is 16.3. The van der Waals surface area contributed by atoms with Gasteiger partial charge in [0.15, 0.2) is 0 Å². The van der Waals surface area contributed by atoms with E-state index in [2.05, 4.69) is 0 Å². The number of imide groups is 1. The number of hydrogen-bond donors (Lipinski definition) is 0. The highest BCUT2D eigenvalue weighted by atomic mass is 32.2. The number of nitrogens with zero attached hydrogens (tertiary/aromatic N) is 1. The average molecular weight is 425 g/mol. The van der Waals surface area contributed by atoms with E-state index in [0.29, 0.717) is 16.2 Å². The summed E-state index contributed by atoms with van der Waals surface area (Å²) in [5.41, 5.74) is 1.34. The van der Waals surface area contributed by atoms with Crippen LogP contribution in [0, 0.1) is 5.82 Å². The summed E-state index contributed by atoms with van der Waals surface area (Å²) in [6.45, 7) is 0. The van der Waals surface area contributed by atoms with Crippen molar-refractivity contribution in [3.8, 4) is 0 Å². The Morgan fingerprint density at radius 3 is 2.13 bits per heavy atom. The molecule has 5 rings (SSSR count). The molecule has 0 saturated carbocycles. The smallest absolute Gasteiger partial charge is 0.268 e. The molecule has 0 saturated heterocycles. The van der Waals surface area contributed by atoms with E-state index in [-0.39, 0.29) is 11.5 Å². The Hall–Kier alpha value is -3.70. The molecule has 3 nitrogen and oxygen atoms in total. The number of anilines is 1. The van der Waals surface area contributed by atoms with E-state index < -0.39 is 11.7 Å². The molecule has 0 aromatic heterocycles. The number of amides is 2. The second-order valence-electron chi connectivity index (χ2n) is 7.07. The standard InChI is InChI=1S/C26H16FNO2S/c27-19-15-13-18(14-16-19)23-24(31-20-9-2-1-3-10-20)26(30)28(25(23)29)22-12-6-8-17-7-4-5-11-21(17)22/h1-16H. The SMILES string of the molecule is O=C1C(Sc2ccccc2)=C(c2ccc(F)cc2)C(=O)N1c1cccc2ccccc12. The van der Waals surface area contributed by atoms with Gasteiger partial charge < -0.3 is 0 Å². The van der Waals surface area contributed by atoms with Gasteiger partial charge in [-0.1, -0.05) is 78.5 Å². The molecule has 1 aliphatic rings. The number of carbonyl (C=O) groups excluding carboxylic acids is 2. The lowest BCUT2D eigenvalue weighted by atomic mass is 10.1. The first-order valence-electron chi connectivity index (χ1n) is 9.73. The molecule has 0 N–H and O–H groups in total. The Kier molecular flexibility index (Phi) is 4.88. The maximum absolute atomic E-state index is 13.6. The van der Waals surface area contributed by atoms with Crippen molar-refractivity contribution in [1.82, 2.24) is 0 Å². The van der Waals surface area contributed by atoms with Crippen molar-refractivity contribution in [2.75, 3.05) is 4.90 Å². The molecule has 31 heavy (non-hydrogen) atoms. The van der Waals surface area contributed by atoms with Crippen molar-refractivity contribution < 1.29 is 14.0 Å². The predicted octanol–water partition coefficient (Wildman–Crippen LogP) is 6.06. The van der Waals surface area contributed by atoms with E-state index in [4.69, 9.17) is 0 Å². The molecule has 2 amide bonds. The number of thioether (sulfide) groups is 1. The molecule has 1 heterocycles. The van der Waals surface area contributed by atoms with Crippen molar-refractivity contribution >= 4 is 45.6 Å². The highest BCUT2D eigenvalue weighted by Crippen LogP contribution is 2.42. The van der Waals surface area contributed by atoms with Crippen LogP contribution < -0.4 is 4.90 Å². The van der Waals surface area contributed by atoms with Crippen LogP contribution in [0.5, 0.6) is 0 Å². The minimum absolute atomic E-state index is 0.284. The molecule has 4 aromatic carbocycles. The fourth-order valence-corrected chi connectivity index (χ4v) is 4.72. The summed E-state index contributed by atoms with van der Waals surface area (Å²) in [5.74, 6) is -1.19. The quantitative estimate of drug-likeness (QED) is 0.373. The Morgan fingerprint density at radius 1 is 0.677 bits per heavy atom. The first-order chi connectivity index (χ1) is 15.1. The van der Waals surface area contributed by atoms with Gasteiger partial charge in [0.25, 0.3) is 11.8 Å². The van der Waals surface area contributed by atoms with Crippen LogP contribution in [0.4, 0.5) is 10.1 Å². The highest BCUT2D eigenvalue weighted by Gasteiger charge is 2.41. The zero-order valence-corrected chi connectivity index (χ0v) is 17.1. The number of rotatable bonds is 4. The van der Waals surface area contributed by atoms with Crippen molar-refractivity contribution in [2.24, 2.45) is 0 Å². The lowest BCUT2D eigenvalue weighted by molar-refractivity contribution is -0.119.